The van der Waals surface area contributed by atoms with Gasteiger partial charge in [0, 0.05) is 71.9 Å². The Labute approximate surface area is 185 Å². The zero-order chi connectivity index (χ0) is 22.0. The summed E-state index contributed by atoms with van der Waals surface area (Å²) in [5.74, 6) is -0.996. The summed E-state index contributed by atoms with van der Waals surface area (Å²) in [4.78, 5) is 33.2. The number of aromatic amines is 1. The molecule has 1 atom stereocenters. The fourth-order valence-electron chi connectivity index (χ4n) is 4.03. The van der Waals surface area contributed by atoms with Crippen LogP contribution in [0.5, 0.6) is 0 Å². The molecule has 1 unspecified atom stereocenters. The zero-order valence-corrected chi connectivity index (χ0v) is 18.6. The number of carbonyl (C=O) groups excluding carboxylic acids is 1. The average molecular weight is 441 g/mol. The van der Waals surface area contributed by atoms with E-state index in [9.17, 15) is 14.7 Å². The van der Waals surface area contributed by atoms with Crippen molar-refractivity contribution in [2.45, 2.75) is 26.4 Å². The van der Waals surface area contributed by atoms with Gasteiger partial charge in [0.2, 0.25) is 5.91 Å². The molecule has 0 spiro atoms. The molecule has 0 radical (unpaired) electrons. The van der Waals surface area contributed by atoms with Crippen molar-refractivity contribution in [3.63, 3.8) is 0 Å². The van der Waals surface area contributed by atoms with Crippen molar-refractivity contribution in [3.05, 3.63) is 52.3 Å². The number of carbonyl (C=O) groups is 2. The van der Waals surface area contributed by atoms with Crippen molar-refractivity contribution >= 4 is 39.8 Å². The lowest BCUT2D eigenvalue weighted by Crippen LogP contribution is -2.48. The van der Waals surface area contributed by atoms with Crippen LogP contribution in [0.15, 0.2) is 41.9 Å². The number of H-pyrrole nitrogens is 1. The third-order valence-corrected chi connectivity index (χ3v) is 6.63. The Bertz CT molecular complexity index is 1050. The van der Waals surface area contributed by atoms with E-state index in [-0.39, 0.29) is 11.8 Å². The third-order valence-electron chi connectivity index (χ3n) is 5.77. The van der Waals surface area contributed by atoms with Gasteiger partial charge in [-0.1, -0.05) is 26.0 Å². The van der Waals surface area contributed by atoms with Crippen molar-refractivity contribution < 1.29 is 14.7 Å². The predicted molar refractivity (Wildman–Crippen MR) is 123 cm³/mol. The standard InChI is InChI=1S/C23H28N4O3S/c1-15(2)22(28)25-16-5-6-18-19(13-24-20(18)12-16)21(23(29)30)27-9-7-26(8-10-27)14-17-4-3-11-31-17/h3-6,11-13,15,21,24H,7-10,14H2,1-2H3,(H,25,28)(H,29,30). The molecule has 1 amide bonds. The Kier molecular flexibility index (Phi) is 6.41. The first-order valence-corrected chi connectivity index (χ1v) is 11.4. The molecule has 1 aliphatic heterocycles. The number of amides is 1. The minimum absolute atomic E-state index is 0.0463. The molecule has 1 aliphatic rings. The number of carboxylic acid groups (broad SMARTS) is 1. The maximum atomic E-state index is 12.2. The number of nitrogens with zero attached hydrogens (tertiary/aromatic N) is 2. The van der Waals surface area contributed by atoms with Crippen LogP contribution in [-0.4, -0.2) is 57.9 Å². The molecule has 0 saturated carbocycles. The van der Waals surface area contributed by atoms with Crippen LogP contribution < -0.4 is 5.32 Å². The van der Waals surface area contributed by atoms with Gasteiger partial charge in [0.05, 0.1) is 0 Å². The number of benzene rings is 1. The number of hydrogen-bond donors (Lipinski definition) is 3. The smallest absolute Gasteiger partial charge is 0.325 e. The molecule has 8 heteroatoms. The summed E-state index contributed by atoms with van der Waals surface area (Å²) in [7, 11) is 0. The van der Waals surface area contributed by atoms with Gasteiger partial charge in [-0.15, -0.1) is 11.3 Å². The SMILES string of the molecule is CC(C)C(=O)Nc1ccc2c(C(C(=O)O)N3CCN(Cc4cccs4)CC3)c[nH]c2c1. The van der Waals surface area contributed by atoms with Crippen molar-refractivity contribution in [3.8, 4) is 0 Å². The highest BCUT2D eigenvalue weighted by molar-refractivity contribution is 7.09. The quantitative estimate of drug-likeness (QED) is 0.521. The Hall–Kier alpha value is -2.68. The Balaban J connectivity index is 1.49. The Morgan fingerprint density at radius 3 is 2.61 bits per heavy atom. The highest BCUT2D eigenvalue weighted by Gasteiger charge is 2.32. The van der Waals surface area contributed by atoms with Crippen molar-refractivity contribution in [2.24, 2.45) is 5.92 Å². The van der Waals surface area contributed by atoms with E-state index in [2.05, 4.69) is 32.7 Å². The summed E-state index contributed by atoms with van der Waals surface area (Å²) in [6, 6.07) is 9.08. The normalized spacial score (nSPS) is 16.6. The van der Waals surface area contributed by atoms with Gasteiger partial charge in [-0.05, 0) is 23.6 Å². The second-order valence-electron chi connectivity index (χ2n) is 8.28. The van der Waals surface area contributed by atoms with Gasteiger partial charge in [0.1, 0.15) is 6.04 Å². The molecule has 3 heterocycles. The van der Waals surface area contributed by atoms with Crippen LogP contribution in [0, 0.1) is 5.92 Å². The van der Waals surface area contributed by atoms with E-state index < -0.39 is 12.0 Å². The van der Waals surface area contributed by atoms with Crippen LogP contribution in [0.1, 0.15) is 30.3 Å². The lowest BCUT2D eigenvalue weighted by atomic mass is 10.0. The van der Waals surface area contributed by atoms with Crippen molar-refractivity contribution in [2.75, 3.05) is 31.5 Å². The summed E-state index contributed by atoms with van der Waals surface area (Å²) >= 11 is 1.75. The number of piperazine rings is 1. The van der Waals surface area contributed by atoms with Gasteiger partial charge in [-0.3, -0.25) is 19.4 Å². The maximum Gasteiger partial charge on any atom is 0.325 e. The summed E-state index contributed by atoms with van der Waals surface area (Å²) in [5.41, 5.74) is 2.28. The first-order valence-electron chi connectivity index (χ1n) is 10.6. The van der Waals surface area contributed by atoms with E-state index in [1.54, 1.807) is 17.5 Å². The van der Waals surface area contributed by atoms with Gasteiger partial charge < -0.3 is 15.4 Å². The van der Waals surface area contributed by atoms with Gasteiger partial charge in [-0.2, -0.15) is 0 Å². The van der Waals surface area contributed by atoms with E-state index in [4.69, 9.17) is 0 Å². The van der Waals surface area contributed by atoms with Gasteiger partial charge in [-0.25, -0.2) is 0 Å². The molecule has 4 rings (SSSR count). The Morgan fingerprint density at radius 1 is 1.19 bits per heavy atom. The predicted octanol–water partition coefficient (Wildman–Crippen LogP) is 3.77. The molecule has 2 aromatic heterocycles. The minimum atomic E-state index is -0.843. The molecule has 3 aromatic rings. The van der Waals surface area contributed by atoms with Crippen LogP contribution >= 0.6 is 11.3 Å². The second kappa shape index (κ2) is 9.21. The summed E-state index contributed by atoms with van der Waals surface area (Å²) in [6.07, 6.45) is 1.79. The van der Waals surface area contributed by atoms with E-state index in [0.29, 0.717) is 18.8 Å². The largest absolute Gasteiger partial charge is 0.480 e. The molecule has 1 saturated heterocycles. The molecule has 0 aliphatic carbocycles. The van der Waals surface area contributed by atoms with E-state index in [1.165, 1.54) is 4.88 Å². The highest BCUT2D eigenvalue weighted by atomic mass is 32.1. The number of nitrogens with one attached hydrogen (secondary N) is 2. The number of aliphatic carboxylic acids is 1. The molecular weight excluding hydrogens is 412 g/mol. The van der Waals surface area contributed by atoms with Gasteiger partial charge in [0.15, 0.2) is 0 Å². The second-order valence-corrected chi connectivity index (χ2v) is 9.31. The molecule has 31 heavy (non-hydrogen) atoms. The van der Waals surface area contributed by atoms with Gasteiger partial charge in [0.25, 0.3) is 0 Å². The maximum absolute atomic E-state index is 12.2. The average Bonchev–Trinajstić information content (AvgIpc) is 3.39. The first-order chi connectivity index (χ1) is 14.9. The number of fused-ring (bicyclic) bond motifs is 1. The number of aromatic nitrogens is 1. The fourth-order valence-corrected chi connectivity index (χ4v) is 4.77. The van der Waals surface area contributed by atoms with Crippen LogP contribution in [0.4, 0.5) is 5.69 Å². The lowest BCUT2D eigenvalue weighted by molar-refractivity contribution is -0.144. The van der Waals surface area contributed by atoms with Crippen LogP contribution in [0.2, 0.25) is 0 Å². The van der Waals surface area contributed by atoms with E-state index in [0.717, 1.165) is 36.1 Å². The molecule has 3 N–H and O–H groups in total. The topological polar surface area (TPSA) is 88.7 Å². The monoisotopic (exact) mass is 440 g/mol. The zero-order valence-electron chi connectivity index (χ0n) is 17.8. The molecular formula is C23H28N4O3S. The number of anilines is 1. The molecule has 7 nitrogen and oxygen atoms in total. The molecule has 0 bridgehead atoms. The molecule has 1 aromatic carbocycles. The minimum Gasteiger partial charge on any atom is -0.480 e. The first kappa shape index (κ1) is 21.5. The highest BCUT2D eigenvalue weighted by Crippen LogP contribution is 2.31. The number of rotatable bonds is 7. The summed E-state index contributed by atoms with van der Waals surface area (Å²) in [5, 5.41) is 15.9. The molecule has 164 valence electrons. The van der Waals surface area contributed by atoms with Crippen molar-refractivity contribution in [1.82, 2.24) is 14.8 Å². The fraction of sp³-hybridized carbons (Fsp3) is 0.391. The number of hydrogen-bond acceptors (Lipinski definition) is 5. The van der Waals surface area contributed by atoms with Crippen LogP contribution in [0.25, 0.3) is 10.9 Å². The van der Waals surface area contributed by atoms with Crippen molar-refractivity contribution in [1.29, 1.82) is 0 Å². The third kappa shape index (κ3) is 4.81. The van der Waals surface area contributed by atoms with Crippen LogP contribution in [0.3, 0.4) is 0 Å². The van der Waals surface area contributed by atoms with E-state index in [1.807, 2.05) is 36.9 Å². The van der Waals surface area contributed by atoms with E-state index >= 15 is 0 Å². The Morgan fingerprint density at radius 2 is 1.97 bits per heavy atom. The molecule has 1 fully saturated rings. The number of thiophene rings is 1. The lowest BCUT2D eigenvalue weighted by Gasteiger charge is -2.37. The summed E-state index contributed by atoms with van der Waals surface area (Å²) in [6.45, 7) is 7.71. The number of carboxylic acids is 1. The summed E-state index contributed by atoms with van der Waals surface area (Å²) < 4.78 is 0. The van der Waals surface area contributed by atoms with Crippen LogP contribution in [-0.2, 0) is 16.1 Å². The van der Waals surface area contributed by atoms with Gasteiger partial charge >= 0.3 is 5.97 Å².